The standard InChI is InChI=1S/C24H44N2/c1-16(26(5)6)20-9-10-21-19-8-7-17-15-18(25-4)11-13-23(17,2)22(19)12-14-24(20,21)3/h16-22,25H,7-15H2,1-6H3/t16-,17-,18-,19-,20+,21-,22-,23-,24+/m0/s1. The Morgan fingerprint density at radius 3 is 2.27 bits per heavy atom. The number of hydrogen-bond acceptors (Lipinski definition) is 2. The molecule has 2 nitrogen and oxygen atoms in total. The zero-order valence-corrected chi connectivity index (χ0v) is 18.4. The molecule has 0 aliphatic heterocycles. The van der Waals surface area contributed by atoms with Crippen LogP contribution in [0.15, 0.2) is 0 Å². The van der Waals surface area contributed by atoms with Gasteiger partial charge < -0.3 is 10.2 Å². The van der Waals surface area contributed by atoms with Gasteiger partial charge >= 0.3 is 0 Å². The highest BCUT2D eigenvalue weighted by atomic mass is 15.1. The monoisotopic (exact) mass is 360 g/mol. The lowest BCUT2D eigenvalue weighted by Crippen LogP contribution is -2.55. The molecule has 26 heavy (non-hydrogen) atoms. The molecule has 2 heteroatoms. The first-order chi connectivity index (χ1) is 12.3. The van der Waals surface area contributed by atoms with Gasteiger partial charge in [-0.25, -0.2) is 0 Å². The smallest absolute Gasteiger partial charge is 0.00944 e. The largest absolute Gasteiger partial charge is 0.317 e. The SMILES string of the molecule is CN[C@H]1CC[C@@]2(C)[C@@H](CC[C@@H]3[C@@H]2CC[C@]2(C)[C@@H]([C@H](C)N(C)C)CC[C@@H]32)C1. The van der Waals surface area contributed by atoms with Crippen LogP contribution >= 0.6 is 0 Å². The third-order valence-electron chi connectivity index (χ3n) is 10.5. The molecule has 4 saturated carbocycles. The summed E-state index contributed by atoms with van der Waals surface area (Å²) in [6.07, 6.45) is 13.4. The Morgan fingerprint density at radius 1 is 0.885 bits per heavy atom. The van der Waals surface area contributed by atoms with Gasteiger partial charge in [-0.1, -0.05) is 13.8 Å². The van der Waals surface area contributed by atoms with Crippen molar-refractivity contribution in [3.05, 3.63) is 0 Å². The van der Waals surface area contributed by atoms with Gasteiger partial charge in [-0.2, -0.15) is 0 Å². The van der Waals surface area contributed by atoms with Crippen molar-refractivity contribution in [3.63, 3.8) is 0 Å². The van der Waals surface area contributed by atoms with Gasteiger partial charge in [0.15, 0.2) is 0 Å². The van der Waals surface area contributed by atoms with Crippen LogP contribution in [0, 0.1) is 40.4 Å². The second-order valence-electron chi connectivity index (χ2n) is 11.3. The van der Waals surface area contributed by atoms with E-state index in [1.54, 1.807) is 0 Å². The highest BCUT2D eigenvalue weighted by molar-refractivity contribution is 5.10. The van der Waals surface area contributed by atoms with E-state index in [4.69, 9.17) is 0 Å². The van der Waals surface area contributed by atoms with Crippen molar-refractivity contribution < 1.29 is 0 Å². The van der Waals surface area contributed by atoms with E-state index in [1.165, 1.54) is 57.8 Å². The molecule has 0 radical (unpaired) electrons. The van der Waals surface area contributed by atoms with E-state index in [0.29, 0.717) is 10.8 Å². The fourth-order valence-electron chi connectivity index (χ4n) is 8.71. The highest BCUT2D eigenvalue weighted by Crippen LogP contribution is 2.67. The number of hydrogen-bond donors (Lipinski definition) is 1. The molecule has 0 heterocycles. The van der Waals surface area contributed by atoms with Crippen molar-refractivity contribution in [1.29, 1.82) is 0 Å². The van der Waals surface area contributed by atoms with Gasteiger partial charge in [0.1, 0.15) is 0 Å². The summed E-state index contributed by atoms with van der Waals surface area (Å²) in [5, 5.41) is 3.59. The van der Waals surface area contributed by atoms with Crippen molar-refractivity contribution >= 4 is 0 Å². The number of nitrogens with one attached hydrogen (secondary N) is 1. The van der Waals surface area contributed by atoms with Crippen LogP contribution in [0.5, 0.6) is 0 Å². The van der Waals surface area contributed by atoms with E-state index >= 15 is 0 Å². The van der Waals surface area contributed by atoms with Crippen LogP contribution < -0.4 is 5.32 Å². The van der Waals surface area contributed by atoms with E-state index in [1.807, 2.05) is 0 Å². The second kappa shape index (κ2) is 6.76. The molecule has 0 bridgehead atoms. The molecule has 1 N–H and O–H groups in total. The molecule has 0 unspecified atom stereocenters. The maximum atomic E-state index is 3.59. The van der Waals surface area contributed by atoms with Crippen LogP contribution in [0.1, 0.15) is 78.6 Å². The summed E-state index contributed by atoms with van der Waals surface area (Å²) in [5.74, 6) is 4.95. The Kier molecular flexibility index (Phi) is 5.01. The zero-order valence-electron chi connectivity index (χ0n) is 18.4. The van der Waals surface area contributed by atoms with Crippen LogP contribution in [-0.4, -0.2) is 38.1 Å². The maximum Gasteiger partial charge on any atom is 0.00944 e. The average Bonchev–Trinajstić information content (AvgIpc) is 2.97. The molecule has 4 aliphatic carbocycles. The van der Waals surface area contributed by atoms with Crippen molar-refractivity contribution in [2.45, 2.75) is 90.6 Å². The van der Waals surface area contributed by atoms with E-state index in [2.05, 4.69) is 52.1 Å². The molecule has 0 aromatic rings. The van der Waals surface area contributed by atoms with Gasteiger partial charge in [0.2, 0.25) is 0 Å². The first kappa shape index (κ1) is 19.2. The van der Waals surface area contributed by atoms with Crippen LogP contribution in [0.25, 0.3) is 0 Å². The Bertz CT molecular complexity index is 516. The van der Waals surface area contributed by atoms with Gasteiger partial charge in [-0.05, 0) is 126 Å². The van der Waals surface area contributed by atoms with Crippen LogP contribution in [0.3, 0.4) is 0 Å². The molecule has 150 valence electrons. The predicted molar refractivity (Wildman–Crippen MR) is 111 cm³/mol. The molecule has 4 rings (SSSR count). The van der Waals surface area contributed by atoms with E-state index in [0.717, 1.165) is 41.7 Å². The fraction of sp³-hybridized carbons (Fsp3) is 1.00. The third kappa shape index (κ3) is 2.72. The highest BCUT2D eigenvalue weighted by Gasteiger charge is 2.60. The molecular formula is C24H44N2. The second-order valence-corrected chi connectivity index (χ2v) is 11.3. The van der Waals surface area contributed by atoms with Crippen LogP contribution in [0.2, 0.25) is 0 Å². The predicted octanol–water partition coefficient (Wildman–Crippen LogP) is 5.18. The third-order valence-corrected chi connectivity index (χ3v) is 10.5. The molecule has 4 aliphatic rings. The number of nitrogens with zero attached hydrogens (tertiary/aromatic N) is 1. The Morgan fingerprint density at radius 2 is 1.58 bits per heavy atom. The Hall–Kier alpha value is -0.0800. The summed E-state index contributed by atoms with van der Waals surface area (Å²) in [4.78, 5) is 2.49. The maximum absolute atomic E-state index is 3.59. The van der Waals surface area contributed by atoms with Crippen molar-refractivity contribution in [2.24, 2.45) is 40.4 Å². The minimum absolute atomic E-state index is 0.607. The minimum atomic E-state index is 0.607. The van der Waals surface area contributed by atoms with Crippen molar-refractivity contribution in [3.8, 4) is 0 Å². The molecule has 4 fully saturated rings. The normalized spacial score (nSPS) is 52.3. The fourth-order valence-corrected chi connectivity index (χ4v) is 8.71. The van der Waals surface area contributed by atoms with E-state index < -0.39 is 0 Å². The average molecular weight is 361 g/mol. The molecule has 0 spiro atoms. The lowest BCUT2D eigenvalue weighted by atomic mass is 9.44. The summed E-state index contributed by atoms with van der Waals surface area (Å²) in [6, 6.07) is 1.52. The van der Waals surface area contributed by atoms with E-state index in [-0.39, 0.29) is 0 Å². The van der Waals surface area contributed by atoms with Gasteiger partial charge in [0.05, 0.1) is 0 Å². The van der Waals surface area contributed by atoms with Gasteiger partial charge in [-0.15, -0.1) is 0 Å². The Balaban J connectivity index is 1.56. The summed E-state index contributed by atoms with van der Waals surface area (Å²) in [7, 11) is 6.76. The van der Waals surface area contributed by atoms with Crippen molar-refractivity contribution in [2.75, 3.05) is 21.1 Å². The van der Waals surface area contributed by atoms with Gasteiger partial charge in [0, 0.05) is 12.1 Å². The quantitative estimate of drug-likeness (QED) is 0.745. The van der Waals surface area contributed by atoms with Gasteiger partial charge in [-0.3, -0.25) is 0 Å². The number of rotatable bonds is 3. The minimum Gasteiger partial charge on any atom is -0.317 e. The molecule has 0 amide bonds. The molecular weight excluding hydrogens is 316 g/mol. The Labute approximate surface area is 162 Å². The van der Waals surface area contributed by atoms with Crippen molar-refractivity contribution in [1.82, 2.24) is 10.2 Å². The first-order valence-electron chi connectivity index (χ1n) is 11.6. The number of fused-ring (bicyclic) bond motifs is 5. The zero-order chi connectivity index (χ0) is 18.7. The molecule has 9 atom stereocenters. The molecule has 0 saturated heterocycles. The van der Waals surface area contributed by atoms with Crippen LogP contribution in [0.4, 0.5) is 0 Å². The lowest BCUT2D eigenvalue weighted by molar-refractivity contribution is -0.118. The summed E-state index contributed by atoms with van der Waals surface area (Å²) < 4.78 is 0. The molecule has 0 aromatic heterocycles. The first-order valence-corrected chi connectivity index (χ1v) is 11.6. The molecule has 0 aromatic carbocycles. The lowest BCUT2D eigenvalue weighted by Gasteiger charge is -2.61. The summed E-state index contributed by atoms with van der Waals surface area (Å²) in [5.41, 5.74) is 1.25. The van der Waals surface area contributed by atoms with Crippen LogP contribution in [-0.2, 0) is 0 Å². The van der Waals surface area contributed by atoms with Gasteiger partial charge in [0.25, 0.3) is 0 Å². The summed E-state index contributed by atoms with van der Waals surface area (Å²) >= 11 is 0. The van der Waals surface area contributed by atoms with E-state index in [9.17, 15) is 0 Å². The summed E-state index contributed by atoms with van der Waals surface area (Å²) in [6.45, 7) is 7.89. The topological polar surface area (TPSA) is 15.3 Å².